The summed E-state index contributed by atoms with van der Waals surface area (Å²) in [6.45, 7) is 1.52. The molecule has 0 heterocycles. The van der Waals surface area contributed by atoms with Crippen molar-refractivity contribution >= 4 is 17.6 Å². The van der Waals surface area contributed by atoms with Crippen LogP contribution in [0, 0.1) is 0 Å². The quantitative estimate of drug-likeness (QED) is 0.792. The van der Waals surface area contributed by atoms with Gasteiger partial charge in [0.2, 0.25) is 0 Å². The zero-order chi connectivity index (χ0) is 12.7. The van der Waals surface area contributed by atoms with E-state index in [0.29, 0.717) is 6.54 Å². The monoisotopic (exact) mass is 253 g/mol. The average molecular weight is 254 g/mol. The summed E-state index contributed by atoms with van der Waals surface area (Å²) in [5.74, 6) is -0.906. The molecule has 4 heteroatoms. The highest BCUT2D eigenvalue weighted by molar-refractivity contribution is 6.30. The van der Waals surface area contributed by atoms with E-state index in [2.05, 4.69) is 4.90 Å². The number of carbonyl (C=O) groups is 1. The van der Waals surface area contributed by atoms with Crippen molar-refractivity contribution in [1.82, 2.24) is 4.90 Å². The van der Waals surface area contributed by atoms with Crippen molar-refractivity contribution in [2.24, 2.45) is 0 Å². The van der Waals surface area contributed by atoms with E-state index >= 15 is 0 Å². The Morgan fingerprint density at radius 2 is 2.06 bits per heavy atom. The third kappa shape index (κ3) is 6.09. The molecule has 92 valence electrons. The fraction of sp³-hybridized carbons (Fsp3) is 0.308. The fourth-order valence-electron chi connectivity index (χ4n) is 1.40. The molecule has 1 N–H and O–H groups in total. The molecule has 1 rings (SSSR count). The molecule has 0 aliphatic heterocycles. The van der Waals surface area contributed by atoms with Crippen LogP contribution in [0.15, 0.2) is 36.4 Å². The first-order valence-corrected chi connectivity index (χ1v) is 5.78. The Labute approximate surface area is 106 Å². The molecule has 17 heavy (non-hydrogen) atoms. The predicted molar refractivity (Wildman–Crippen MR) is 69.4 cm³/mol. The van der Waals surface area contributed by atoms with Gasteiger partial charge in [0.25, 0.3) is 0 Å². The Kier molecular flexibility index (Phi) is 5.73. The molecule has 0 atom stereocenters. The highest BCUT2D eigenvalue weighted by Gasteiger charge is 1.98. The summed E-state index contributed by atoms with van der Waals surface area (Å²) in [6.07, 6.45) is 3.73. The summed E-state index contributed by atoms with van der Waals surface area (Å²) in [5, 5.41) is 9.18. The van der Waals surface area contributed by atoms with Gasteiger partial charge in [-0.2, -0.15) is 0 Å². The van der Waals surface area contributed by atoms with Gasteiger partial charge >= 0.3 is 5.97 Å². The second-order valence-electron chi connectivity index (χ2n) is 3.88. The molecule has 0 saturated carbocycles. The Hall–Kier alpha value is -1.32. The summed E-state index contributed by atoms with van der Waals surface area (Å²) < 4.78 is 0. The lowest BCUT2D eigenvalue weighted by Crippen LogP contribution is -2.21. The maximum atomic E-state index is 10.3. The van der Waals surface area contributed by atoms with Crippen molar-refractivity contribution in [1.29, 1.82) is 0 Å². The number of likely N-dealkylation sites (N-methyl/N-ethyl adjacent to an activating group) is 1. The van der Waals surface area contributed by atoms with E-state index in [9.17, 15) is 4.79 Å². The molecular formula is C13H16ClNO2. The minimum absolute atomic E-state index is 0.639. The van der Waals surface area contributed by atoms with Gasteiger partial charge in [0.15, 0.2) is 0 Å². The Bertz CT molecular complexity index is 387. The second kappa shape index (κ2) is 7.09. The minimum atomic E-state index is -0.906. The lowest BCUT2D eigenvalue weighted by molar-refractivity contribution is -0.131. The van der Waals surface area contributed by atoms with Crippen LogP contribution >= 0.6 is 11.6 Å². The molecule has 0 aliphatic carbocycles. The van der Waals surface area contributed by atoms with E-state index in [1.807, 2.05) is 31.3 Å². The number of hydrogen-bond donors (Lipinski definition) is 1. The summed E-state index contributed by atoms with van der Waals surface area (Å²) in [5.41, 5.74) is 1.23. The van der Waals surface area contributed by atoms with Crippen molar-refractivity contribution in [3.05, 3.63) is 47.0 Å². The standard InChI is InChI=1S/C13H16ClNO2/c1-15(9-2-3-13(16)17)10-8-11-4-6-12(14)7-5-11/h2-7H,8-10H2,1H3,(H,16,17)/b3-2+. The van der Waals surface area contributed by atoms with E-state index in [1.165, 1.54) is 11.6 Å². The third-order valence-electron chi connectivity index (χ3n) is 2.37. The van der Waals surface area contributed by atoms with E-state index in [4.69, 9.17) is 16.7 Å². The van der Waals surface area contributed by atoms with Crippen molar-refractivity contribution in [2.75, 3.05) is 20.1 Å². The molecule has 1 aromatic rings. The molecule has 0 fully saturated rings. The van der Waals surface area contributed by atoms with Crippen LogP contribution in [0.2, 0.25) is 5.02 Å². The third-order valence-corrected chi connectivity index (χ3v) is 2.62. The van der Waals surface area contributed by atoms with E-state index in [-0.39, 0.29) is 0 Å². The summed E-state index contributed by atoms with van der Waals surface area (Å²) in [6, 6.07) is 7.76. The molecule has 1 aromatic carbocycles. The molecule has 0 amide bonds. The number of aliphatic carboxylic acids is 1. The van der Waals surface area contributed by atoms with Crippen molar-refractivity contribution < 1.29 is 9.90 Å². The zero-order valence-electron chi connectivity index (χ0n) is 9.77. The van der Waals surface area contributed by atoms with E-state index in [0.717, 1.165) is 18.0 Å². The van der Waals surface area contributed by atoms with Crippen LogP contribution < -0.4 is 0 Å². The first-order chi connectivity index (χ1) is 8.08. The molecular weight excluding hydrogens is 238 g/mol. The van der Waals surface area contributed by atoms with Gasteiger partial charge in [0.1, 0.15) is 0 Å². The van der Waals surface area contributed by atoms with Crippen LogP contribution in [0.25, 0.3) is 0 Å². The molecule has 0 radical (unpaired) electrons. The summed E-state index contributed by atoms with van der Waals surface area (Å²) >= 11 is 5.80. The topological polar surface area (TPSA) is 40.5 Å². The van der Waals surface area contributed by atoms with Crippen LogP contribution in [-0.2, 0) is 11.2 Å². The van der Waals surface area contributed by atoms with Gasteiger partial charge in [-0.1, -0.05) is 29.8 Å². The van der Waals surface area contributed by atoms with Gasteiger partial charge in [0.05, 0.1) is 0 Å². The summed E-state index contributed by atoms with van der Waals surface area (Å²) in [7, 11) is 1.96. The van der Waals surface area contributed by atoms with E-state index in [1.54, 1.807) is 6.08 Å². The lowest BCUT2D eigenvalue weighted by atomic mass is 10.1. The van der Waals surface area contributed by atoms with Crippen molar-refractivity contribution in [3.63, 3.8) is 0 Å². The number of rotatable bonds is 6. The molecule has 3 nitrogen and oxygen atoms in total. The molecule has 0 saturated heterocycles. The van der Waals surface area contributed by atoms with Crippen molar-refractivity contribution in [2.45, 2.75) is 6.42 Å². The van der Waals surface area contributed by atoms with E-state index < -0.39 is 5.97 Å². The maximum absolute atomic E-state index is 10.3. The number of halogens is 1. The normalized spacial score (nSPS) is 11.2. The van der Waals surface area contributed by atoms with Gasteiger partial charge in [-0.15, -0.1) is 0 Å². The summed E-state index contributed by atoms with van der Waals surface area (Å²) in [4.78, 5) is 12.3. The number of carboxylic acid groups (broad SMARTS) is 1. The average Bonchev–Trinajstić information content (AvgIpc) is 2.28. The molecule has 0 unspecified atom stereocenters. The molecule has 0 bridgehead atoms. The van der Waals surface area contributed by atoms with Crippen molar-refractivity contribution in [3.8, 4) is 0 Å². The van der Waals surface area contributed by atoms with Crippen LogP contribution in [0.1, 0.15) is 5.56 Å². The second-order valence-corrected chi connectivity index (χ2v) is 4.32. The zero-order valence-corrected chi connectivity index (χ0v) is 10.5. The first-order valence-electron chi connectivity index (χ1n) is 5.40. The molecule has 0 spiro atoms. The van der Waals surface area contributed by atoms with Crippen LogP contribution in [0.3, 0.4) is 0 Å². The smallest absolute Gasteiger partial charge is 0.328 e. The fourth-order valence-corrected chi connectivity index (χ4v) is 1.52. The largest absolute Gasteiger partial charge is 0.478 e. The lowest BCUT2D eigenvalue weighted by Gasteiger charge is -2.13. The highest BCUT2D eigenvalue weighted by atomic mass is 35.5. The van der Waals surface area contributed by atoms with Gasteiger partial charge in [0, 0.05) is 24.2 Å². The van der Waals surface area contributed by atoms with Gasteiger partial charge < -0.3 is 10.0 Å². The molecule has 0 aliphatic rings. The first kappa shape index (κ1) is 13.7. The Morgan fingerprint density at radius 3 is 2.65 bits per heavy atom. The maximum Gasteiger partial charge on any atom is 0.328 e. The predicted octanol–water partition coefficient (Wildman–Crippen LogP) is 2.46. The van der Waals surface area contributed by atoms with Crippen LogP contribution in [0.5, 0.6) is 0 Å². The van der Waals surface area contributed by atoms with Gasteiger partial charge in [-0.25, -0.2) is 4.79 Å². The number of benzene rings is 1. The minimum Gasteiger partial charge on any atom is -0.478 e. The van der Waals surface area contributed by atoms with Crippen LogP contribution in [-0.4, -0.2) is 36.1 Å². The number of carboxylic acids is 1. The van der Waals surface area contributed by atoms with Gasteiger partial charge in [-0.05, 0) is 31.2 Å². The highest BCUT2D eigenvalue weighted by Crippen LogP contribution is 2.10. The number of nitrogens with zero attached hydrogens (tertiary/aromatic N) is 1. The van der Waals surface area contributed by atoms with Gasteiger partial charge in [-0.3, -0.25) is 0 Å². The Morgan fingerprint density at radius 1 is 1.41 bits per heavy atom. The SMILES string of the molecule is CN(C/C=C/C(=O)O)CCc1ccc(Cl)cc1. The molecule has 0 aromatic heterocycles. The van der Waals surface area contributed by atoms with Crippen LogP contribution in [0.4, 0.5) is 0 Å². The number of hydrogen-bond acceptors (Lipinski definition) is 2. The Balaban J connectivity index is 2.30.